The number of benzene rings is 1. The number of hydrogen-bond donors (Lipinski definition) is 2. The van der Waals surface area contributed by atoms with Gasteiger partial charge < -0.3 is 5.32 Å². The van der Waals surface area contributed by atoms with Gasteiger partial charge >= 0.3 is 0 Å². The van der Waals surface area contributed by atoms with Gasteiger partial charge in [0.15, 0.2) is 0 Å². The third kappa shape index (κ3) is 17.1. The molecule has 3 rings (SSSR count). The van der Waals surface area contributed by atoms with Gasteiger partial charge in [-0.3, -0.25) is 0 Å². The average molecular weight is 736 g/mol. The fourth-order valence-electron chi connectivity index (χ4n) is 5.71. The molecule has 1 aromatic rings. The van der Waals surface area contributed by atoms with Crippen molar-refractivity contribution in [1.29, 1.82) is 0 Å². The van der Waals surface area contributed by atoms with E-state index in [1.807, 2.05) is 60.5 Å². The van der Waals surface area contributed by atoms with Crippen LogP contribution in [0.15, 0.2) is 235 Å². The number of nitrogens with one attached hydrogen (secondary N) is 1. The Morgan fingerprint density at radius 3 is 2.45 bits per heavy atom. The highest BCUT2D eigenvalue weighted by Crippen LogP contribution is 2.48. The third-order valence-corrected chi connectivity index (χ3v) is 10.0. The lowest BCUT2D eigenvalue weighted by atomic mass is 9.73. The number of rotatable bonds is 16. The second kappa shape index (κ2) is 27.0. The Balaban J connectivity index is 2.00. The molecule has 1 N–H and O–H groups in total. The molecule has 0 saturated heterocycles. The van der Waals surface area contributed by atoms with Gasteiger partial charge in [-0.05, 0) is 80.2 Å². The summed E-state index contributed by atoms with van der Waals surface area (Å²) in [5.74, 6) is 0. The molecule has 0 amide bonds. The summed E-state index contributed by atoms with van der Waals surface area (Å²) in [5, 5.41) is 5.46. The van der Waals surface area contributed by atoms with Gasteiger partial charge in [-0.15, -0.1) is 11.8 Å². The fourth-order valence-corrected chi connectivity index (χ4v) is 7.28. The Labute approximate surface area is 331 Å². The molecule has 0 saturated carbocycles. The first kappa shape index (κ1) is 42.7. The van der Waals surface area contributed by atoms with Crippen molar-refractivity contribution in [2.45, 2.75) is 50.7 Å². The molecule has 2 atom stereocenters. The molecule has 2 aliphatic rings. The van der Waals surface area contributed by atoms with E-state index < -0.39 is 5.41 Å². The Kier molecular flexibility index (Phi) is 21.7. The quantitative estimate of drug-likeness (QED) is 0.0996. The monoisotopic (exact) mass is 735 g/mol. The van der Waals surface area contributed by atoms with Crippen LogP contribution >= 0.6 is 24.4 Å². The molecule has 0 bridgehead atoms. The van der Waals surface area contributed by atoms with Crippen LogP contribution in [0, 0.1) is 5.41 Å². The van der Waals surface area contributed by atoms with Gasteiger partial charge in [-0.1, -0.05) is 195 Å². The van der Waals surface area contributed by atoms with Crippen molar-refractivity contribution >= 4 is 30.1 Å². The molecule has 0 spiro atoms. The highest BCUT2D eigenvalue weighted by atomic mass is 32.2. The van der Waals surface area contributed by atoms with E-state index >= 15 is 0 Å². The smallest absolute Gasteiger partial charge is 0.0414 e. The maximum atomic E-state index is 4.84. The number of para-hydroxylation sites is 1. The maximum absolute atomic E-state index is 4.84. The Morgan fingerprint density at radius 2 is 1.66 bits per heavy atom. The van der Waals surface area contributed by atoms with Crippen molar-refractivity contribution in [3.05, 3.63) is 235 Å². The second-order valence-corrected chi connectivity index (χ2v) is 14.0. The molecular weight excluding hydrogens is 679 g/mol. The summed E-state index contributed by atoms with van der Waals surface area (Å²) >= 11 is 6.66. The molecule has 0 radical (unpaired) electrons. The minimum atomic E-state index is -0.392. The molecule has 274 valence electrons. The average Bonchev–Trinajstić information content (AvgIpc) is 3.24. The van der Waals surface area contributed by atoms with Crippen molar-refractivity contribution in [1.82, 2.24) is 0 Å². The second-order valence-electron chi connectivity index (χ2n) is 12.5. The van der Waals surface area contributed by atoms with E-state index in [9.17, 15) is 0 Å². The summed E-state index contributed by atoms with van der Waals surface area (Å²) in [6, 6.07) is 10.3. The summed E-state index contributed by atoms with van der Waals surface area (Å²) in [6.07, 6.45) is 64.0. The lowest BCUT2D eigenvalue weighted by Crippen LogP contribution is -2.31. The predicted octanol–water partition coefficient (Wildman–Crippen LogP) is 14.6. The van der Waals surface area contributed by atoms with E-state index in [0.717, 1.165) is 61.2 Å². The van der Waals surface area contributed by atoms with Gasteiger partial charge in [0, 0.05) is 27.8 Å². The lowest BCUT2D eigenvalue weighted by molar-refractivity contribution is 0.496. The number of anilines is 1. The number of thiol groups is 1. The van der Waals surface area contributed by atoms with Crippen LogP contribution in [0.25, 0.3) is 0 Å². The number of fused-ring (bicyclic) bond motifs is 1. The molecule has 1 aliphatic heterocycles. The lowest BCUT2D eigenvalue weighted by Gasteiger charge is -2.38. The van der Waals surface area contributed by atoms with Crippen LogP contribution in [0.5, 0.6) is 0 Å². The molecule has 2 unspecified atom stereocenters. The normalized spacial score (nSPS) is 24.0. The number of hydrogen-bond acceptors (Lipinski definition) is 3. The van der Waals surface area contributed by atoms with E-state index in [1.165, 1.54) is 11.1 Å². The SMILES string of the molecule is C=C/C=C\CCC1=CC2SC(=C)/C=C\C=C/CC2(C(/C=C\C=C/CC/C=C\C=C/C)=C\S)/C=C/C=C\C=C(\C=C\C=C\CNc2ccccc2)CC=C1. The van der Waals surface area contributed by atoms with Crippen molar-refractivity contribution in [2.24, 2.45) is 5.41 Å². The molecule has 1 aliphatic carbocycles. The van der Waals surface area contributed by atoms with Gasteiger partial charge in [-0.2, -0.15) is 12.6 Å². The summed E-state index contributed by atoms with van der Waals surface area (Å²) < 4.78 is 0. The highest BCUT2D eigenvalue weighted by Gasteiger charge is 2.38. The van der Waals surface area contributed by atoms with Crippen LogP contribution in [-0.4, -0.2) is 11.8 Å². The zero-order chi connectivity index (χ0) is 37.7. The molecule has 3 heteroatoms. The van der Waals surface area contributed by atoms with Gasteiger partial charge in [0.05, 0.1) is 0 Å². The Bertz CT molecular complexity index is 1740. The Hall–Kier alpha value is -4.70. The Morgan fingerprint density at radius 1 is 0.868 bits per heavy atom. The van der Waals surface area contributed by atoms with E-state index in [2.05, 4.69) is 176 Å². The topological polar surface area (TPSA) is 12.0 Å². The standard InChI is InChI=1S/C50H57NS2/c1-4-6-8-10-11-12-13-14-23-36-47(43-52)50-39-26-16-19-30-44(3)53-49(50)42-46(33-20-9-7-5-2)35-29-34-45(31-21-17-27-40-50)32-22-18-28-41-51-48-37-24-15-25-38-48/h4-10,13-19,21-32,35-38,40,42-43,49,51-52H,2-3,11-12,20,33-34,39,41H2,1H3/b6-4-,9-7-,10-8-,14-13-,21-17-,26-16-,28-18+,30-19-,32-22+,35-29?,36-23-,40-27+,45-31-,46-42?,47-43-. The largest absolute Gasteiger partial charge is 0.382 e. The van der Waals surface area contributed by atoms with Crippen LogP contribution in [-0.2, 0) is 0 Å². The zero-order valence-electron chi connectivity index (χ0n) is 31.3. The van der Waals surface area contributed by atoms with Gasteiger partial charge in [0.1, 0.15) is 0 Å². The third-order valence-electron chi connectivity index (χ3n) is 8.51. The number of thioether (sulfide) groups is 1. The summed E-state index contributed by atoms with van der Waals surface area (Å²) in [6.45, 7) is 11.1. The molecule has 0 aromatic heterocycles. The molecular formula is C50H57NS2. The van der Waals surface area contributed by atoms with E-state index in [-0.39, 0.29) is 5.25 Å². The molecule has 53 heavy (non-hydrogen) atoms. The maximum Gasteiger partial charge on any atom is 0.0414 e. The minimum absolute atomic E-state index is 0.0570. The summed E-state index contributed by atoms with van der Waals surface area (Å²) in [5.41, 5.74) is 4.40. The van der Waals surface area contributed by atoms with E-state index in [0.29, 0.717) is 0 Å². The van der Waals surface area contributed by atoms with Gasteiger partial charge in [-0.25, -0.2) is 0 Å². The van der Waals surface area contributed by atoms with Crippen molar-refractivity contribution < 1.29 is 0 Å². The highest BCUT2D eigenvalue weighted by molar-refractivity contribution is 8.04. The van der Waals surface area contributed by atoms with Crippen LogP contribution < -0.4 is 5.32 Å². The predicted molar refractivity (Wildman–Crippen MR) is 244 cm³/mol. The molecule has 1 nitrogen and oxygen atoms in total. The van der Waals surface area contributed by atoms with E-state index in [4.69, 9.17) is 12.6 Å². The van der Waals surface area contributed by atoms with Gasteiger partial charge in [0.25, 0.3) is 0 Å². The summed E-state index contributed by atoms with van der Waals surface area (Å²) in [7, 11) is 0. The van der Waals surface area contributed by atoms with Crippen molar-refractivity contribution in [3.8, 4) is 0 Å². The first-order valence-corrected chi connectivity index (χ1v) is 20.0. The van der Waals surface area contributed by atoms with Crippen molar-refractivity contribution in [3.63, 3.8) is 0 Å². The van der Waals surface area contributed by atoms with Crippen molar-refractivity contribution in [2.75, 3.05) is 11.9 Å². The fraction of sp³-hybridized carbons (Fsp3) is 0.200. The van der Waals surface area contributed by atoms with Crippen LogP contribution in [0.1, 0.15) is 45.4 Å². The first-order chi connectivity index (χ1) is 26.1. The first-order valence-electron chi connectivity index (χ1n) is 18.6. The van der Waals surface area contributed by atoms with E-state index in [1.54, 1.807) is 0 Å². The molecule has 1 heterocycles. The van der Waals surface area contributed by atoms with Crippen LogP contribution in [0.4, 0.5) is 5.69 Å². The molecule has 1 aromatic carbocycles. The summed E-state index contributed by atoms with van der Waals surface area (Å²) in [4.78, 5) is 1.03. The number of allylic oxidation sites excluding steroid dienone is 28. The van der Waals surface area contributed by atoms with Crippen LogP contribution in [0.3, 0.4) is 0 Å². The number of unbranched alkanes of at least 4 members (excludes halogenated alkanes) is 1. The minimum Gasteiger partial charge on any atom is -0.382 e. The zero-order valence-corrected chi connectivity index (χ0v) is 33.1. The van der Waals surface area contributed by atoms with Crippen LogP contribution in [0.2, 0.25) is 0 Å². The molecule has 0 fully saturated rings. The van der Waals surface area contributed by atoms with Gasteiger partial charge in [0.2, 0.25) is 0 Å².